The van der Waals surface area contributed by atoms with Gasteiger partial charge in [0.15, 0.2) is 11.0 Å². The number of nitrogens with zero attached hydrogens (tertiary/aromatic N) is 5. The van der Waals surface area contributed by atoms with Crippen LogP contribution in [0.15, 0.2) is 53.9 Å². The number of para-hydroxylation sites is 2. The normalized spacial score (nSPS) is 16.5. The molecule has 0 unspecified atom stereocenters. The minimum Gasteiger partial charge on any atom is -0.495 e. The number of thioether (sulfide) groups is 1. The standard InChI is InChI=1S/C22H25N5O2S/c1-16-7-5-6-14-26(16)20(28)15-30-22-25-24-21(17-10-12-23-13-11-17)27(22)18-8-3-4-9-19(18)29-2/h3-4,8-13,16H,5-7,14-15H2,1-2H3/t16-/m1/s1. The smallest absolute Gasteiger partial charge is 0.233 e. The first-order chi connectivity index (χ1) is 14.7. The molecule has 1 aliphatic rings. The molecule has 1 saturated heterocycles. The second kappa shape index (κ2) is 9.30. The third-order valence-electron chi connectivity index (χ3n) is 5.35. The van der Waals surface area contributed by atoms with E-state index in [1.54, 1.807) is 19.5 Å². The van der Waals surface area contributed by atoms with Crippen LogP contribution in [-0.2, 0) is 4.79 Å². The number of hydrogen-bond donors (Lipinski definition) is 0. The lowest BCUT2D eigenvalue weighted by molar-refractivity contribution is -0.131. The molecule has 8 heteroatoms. The fraction of sp³-hybridized carbons (Fsp3) is 0.364. The Labute approximate surface area is 180 Å². The van der Waals surface area contributed by atoms with E-state index in [0.717, 1.165) is 30.6 Å². The molecule has 30 heavy (non-hydrogen) atoms. The van der Waals surface area contributed by atoms with E-state index >= 15 is 0 Å². The van der Waals surface area contributed by atoms with Crippen molar-refractivity contribution in [3.8, 4) is 22.8 Å². The van der Waals surface area contributed by atoms with Crippen molar-refractivity contribution in [3.05, 3.63) is 48.8 Å². The minimum absolute atomic E-state index is 0.146. The van der Waals surface area contributed by atoms with Gasteiger partial charge in [-0.25, -0.2) is 0 Å². The summed E-state index contributed by atoms with van der Waals surface area (Å²) in [4.78, 5) is 18.9. The third kappa shape index (κ3) is 4.18. The van der Waals surface area contributed by atoms with Gasteiger partial charge in [0.1, 0.15) is 5.75 Å². The molecule has 1 amide bonds. The van der Waals surface area contributed by atoms with Crippen LogP contribution in [0.4, 0.5) is 0 Å². The van der Waals surface area contributed by atoms with Crippen LogP contribution in [-0.4, -0.2) is 56.0 Å². The van der Waals surface area contributed by atoms with E-state index in [-0.39, 0.29) is 5.91 Å². The second-order valence-electron chi connectivity index (χ2n) is 7.27. The fourth-order valence-corrected chi connectivity index (χ4v) is 4.59. The number of likely N-dealkylation sites (tertiary alicyclic amines) is 1. The zero-order valence-corrected chi connectivity index (χ0v) is 18.0. The molecule has 0 aliphatic carbocycles. The van der Waals surface area contributed by atoms with Gasteiger partial charge in [0.05, 0.1) is 18.6 Å². The maximum absolute atomic E-state index is 12.8. The largest absolute Gasteiger partial charge is 0.495 e. The zero-order valence-electron chi connectivity index (χ0n) is 17.2. The topological polar surface area (TPSA) is 73.1 Å². The number of aromatic nitrogens is 4. The Morgan fingerprint density at radius 2 is 1.97 bits per heavy atom. The van der Waals surface area contributed by atoms with Gasteiger partial charge in [0.25, 0.3) is 0 Å². The quantitative estimate of drug-likeness (QED) is 0.561. The van der Waals surface area contributed by atoms with Crippen molar-refractivity contribution in [1.82, 2.24) is 24.6 Å². The molecule has 7 nitrogen and oxygen atoms in total. The first-order valence-electron chi connectivity index (χ1n) is 10.1. The molecule has 3 aromatic rings. The molecule has 1 atom stereocenters. The number of piperidine rings is 1. The molecular formula is C22H25N5O2S. The summed E-state index contributed by atoms with van der Waals surface area (Å²) in [6, 6.07) is 11.8. The predicted octanol–water partition coefficient (Wildman–Crippen LogP) is 3.83. The molecule has 0 bridgehead atoms. The summed E-state index contributed by atoms with van der Waals surface area (Å²) in [5.41, 5.74) is 1.73. The van der Waals surface area contributed by atoms with Gasteiger partial charge in [0, 0.05) is 30.5 Å². The second-order valence-corrected chi connectivity index (χ2v) is 8.21. The maximum atomic E-state index is 12.8. The highest BCUT2D eigenvalue weighted by atomic mass is 32.2. The van der Waals surface area contributed by atoms with E-state index in [4.69, 9.17) is 4.74 Å². The van der Waals surface area contributed by atoms with Crippen LogP contribution >= 0.6 is 11.8 Å². The Kier molecular flexibility index (Phi) is 6.32. The molecule has 0 spiro atoms. The number of amides is 1. The average Bonchev–Trinajstić information content (AvgIpc) is 3.22. The summed E-state index contributed by atoms with van der Waals surface area (Å²) in [6.07, 6.45) is 6.79. The number of rotatable bonds is 6. The Hall–Kier alpha value is -2.87. The molecule has 2 aromatic heterocycles. The first-order valence-corrected chi connectivity index (χ1v) is 11.1. The molecule has 0 N–H and O–H groups in total. The van der Waals surface area contributed by atoms with Gasteiger partial charge in [-0.3, -0.25) is 14.3 Å². The van der Waals surface area contributed by atoms with Gasteiger partial charge in [0.2, 0.25) is 5.91 Å². The van der Waals surface area contributed by atoms with Crippen LogP contribution in [0.2, 0.25) is 0 Å². The van der Waals surface area contributed by atoms with E-state index in [9.17, 15) is 4.79 Å². The van der Waals surface area contributed by atoms with Crippen molar-refractivity contribution >= 4 is 17.7 Å². The number of hydrogen-bond acceptors (Lipinski definition) is 6. The van der Waals surface area contributed by atoms with Crippen LogP contribution in [0.25, 0.3) is 17.1 Å². The van der Waals surface area contributed by atoms with Gasteiger partial charge in [-0.2, -0.15) is 0 Å². The van der Waals surface area contributed by atoms with E-state index in [1.807, 2.05) is 45.9 Å². The van der Waals surface area contributed by atoms with Gasteiger partial charge in [-0.05, 0) is 50.5 Å². The number of benzene rings is 1. The Bertz CT molecular complexity index is 1010. The number of carbonyl (C=O) groups is 1. The highest BCUT2D eigenvalue weighted by Crippen LogP contribution is 2.32. The molecule has 1 aliphatic heterocycles. The summed E-state index contributed by atoms with van der Waals surface area (Å²) >= 11 is 1.41. The molecule has 0 saturated carbocycles. The van der Waals surface area contributed by atoms with Gasteiger partial charge < -0.3 is 9.64 Å². The van der Waals surface area contributed by atoms with E-state index in [2.05, 4.69) is 22.1 Å². The number of carbonyl (C=O) groups excluding carboxylic acids is 1. The minimum atomic E-state index is 0.146. The Morgan fingerprint density at radius 1 is 1.17 bits per heavy atom. The van der Waals surface area contributed by atoms with Crippen LogP contribution in [0.5, 0.6) is 5.75 Å². The summed E-state index contributed by atoms with van der Waals surface area (Å²) in [7, 11) is 1.64. The highest BCUT2D eigenvalue weighted by Gasteiger charge is 2.25. The molecule has 1 fully saturated rings. The van der Waals surface area contributed by atoms with Crippen molar-refractivity contribution in [2.75, 3.05) is 19.4 Å². The van der Waals surface area contributed by atoms with E-state index in [0.29, 0.717) is 28.5 Å². The summed E-state index contributed by atoms with van der Waals surface area (Å²) in [5, 5.41) is 9.49. The van der Waals surface area contributed by atoms with Crippen molar-refractivity contribution in [1.29, 1.82) is 0 Å². The lowest BCUT2D eigenvalue weighted by Gasteiger charge is -2.33. The fourth-order valence-electron chi connectivity index (χ4n) is 3.76. The van der Waals surface area contributed by atoms with Gasteiger partial charge in [-0.1, -0.05) is 23.9 Å². The monoisotopic (exact) mass is 423 g/mol. The van der Waals surface area contributed by atoms with E-state index < -0.39 is 0 Å². The average molecular weight is 424 g/mol. The van der Waals surface area contributed by atoms with Crippen molar-refractivity contribution in [2.24, 2.45) is 0 Å². The van der Waals surface area contributed by atoms with Crippen molar-refractivity contribution in [2.45, 2.75) is 37.4 Å². The predicted molar refractivity (Wildman–Crippen MR) is 117 cm³/mol. The molecule has 1 aromatic carbocycles. The summed E-state index contributed by atoms with van der Waals surface area (Å²) in [6.45, 7) is 2.96. The number of methoxy groups -OCH3 is 1. The van der Waals surface area contributed by atoms with Crippen LogP contribution < -0.4 is 4.74 Å². The summed E-state index contributed by atoms with van der Waals surface area (Å²) in [5.74, 6) is 1.87. The molecule has 4 rings (SSSR count). The van der Waals surface area contributed by atoms with Crippen LogP contribution in [0.1, 0.15) is 26.2 Å². The summed E-state index contributed by atoms with van der Waals surface area (Å²) < 4.78 is 7.53. The Morgan fingerprint density at radius 3 is 2.73 bits per heavy atom. The first kappa shape index (κ1) is 20.4. The number of pyridine rings is 1. The van der Waals surface area contributed by atoms with E-state index in [1.165, 1.54) is 18.2 Å². The Balaban J connectivity index is 1.66. The molecular weight excluding hydrogens is 398 g/mol. The van der Waals surface area contributed by atoms with Crippen molar-refractivity contribution in [3.63, 3.8) is 0 Å². The molecule has 0 radical (unpaired) electrons. The molecule has 156 valence electrons. The van der Waals surface area contributed by atoms with Crippen molar-refractivity contribution < 1.29 is 9.53 Å². The zero-order chi connectivity index (χ0) is 20.9. The highest BCUT2D eigenvalue weighted by molar-refractivity contribution is 7.99. The maximum Gasteiger partial charge on any atom is 0.233 e. The number of ether oxygens (including phenoxy) is 1. The van der Waals surface area contributed by atoms with Crippen LogP contribution in [0.3, 0.4) is 0 Å². The molecule has 3 heterocycles. The lowest BCUT2D eigenvalue weighted by atomic mass is 10.0. The third-order valence-corrected chi connectivity index (χ3v) is 6.26. The van der Waals surface area contributed by atoms with Gasteiger partial charge >= 0.3 is 0 Å². The van der Waals surface area contributed by atoms with Gasteiger partial charge in [-0.15, -0.1) is 10.2 Å². The van der Waals surface area contributed by atoms with Crippen LogP contribution in [0, 0.1) is 0 Å². The lowest BCUT2D eigenvalue weighted by Crippen LogP contribution is -2.42. The SMILES string of the molecule is COc1ccccc1-n1c(SCC(=O)N2CCCC[C@H]2C)nnc1-c1ccncc1.